The maximum atomic E-state index is 13.5. The largest absolute Gasteiger partial charge is 0.494 e. The molecule has 0 unspecified atom stereocenters. The van der Waals surface area contributed by atoms with Crippen molar-refractivity contribution >= 4 is 23.5 Å². The van der Waals surface area contributed by atoms with E-state index in [2.05, 4.69) is 12.2 Å². The molecule has 0 heterocycles. The van der Waals surface area contributed by atoms with Crippen LogP contribution in [0.1, 0.15) is 67.3 Å². The van der Waals surface area contributed by atoms with Crippen LogP contribution in [0.4, 0.5) is 4.39 Å². The predicted octanol–water partition coefficient (Wildman–Crippen LogP) is 6.46. The fraction of sp³-hybridized carbons (Fsp3) is 0.429. The van der Waals surface area contributed by atoms with Gasteiger partial charge in [0.15, 0.2) is 0 Å². The number of esters is 1. The first-order valence-electron chi connectivity index (χ1n) is 12.2. The Kier molecular flexibility index (Phi) is 10.2. The monoisotopic (exact) mass is 501 g/mol. The number of halogens is 2. The lowest BCUT2D eigenvalue weighted by Crippen LogP contribution is -2.33. The normalized spacial score (nSPS) is 17.7. The van der Waals surface area contributed by atoms with Crippen LogP contribution in [0.25, 0.3) is 0 Å². The van der Waals surface area contributed by atoms with Crippen LogP contribution in [0.5, 0.6) is 5.75 Å². The van der Waals surface area contributed by atoms with Crippen LogP contribution in [-0.4, -0.2) is 31.6 Å². The molecule has 0 aromatic heterocycles. The van der Waals surface area contributed by atoms with Gasteiger partial charge in [-0.05, 0) is 60.7 Å². The summed E-state index contributed by atoms with van der Waals surface area (Å²) in [5.74, 6) is -1.33. The van der Waals surface area contributed by atoms with E-state index < -0.39 is 17.7 Å². The molecule has 35 heavy (non-hydrogen) atoms. The first-order valence-corrected chi connectivity index (χ1v) is 12.6. The summed E-state index contributed by atoms with van der Waals surface area (Å²) >= 11 is 6.23. The number of methoxy groups -OCH3 is 1. The minimum Gasteiger partial charge on any atom is -0.494 e. The van der Waals surface area contributed by atoms with E-state index in [9.17, 15) is 14.0 Å². The SMILES string of the molecule is CCCCCCCOc1ccc(C(=O)N[C@@H]2C=C[C@H]([C@@H](C(=O)OC)c3ccc(F)cc3Cl)C2)cc1. The van der Waals surface area contributed by atoms with Gasteiger partial charge < -0.3 is 14.8 Å². The lowest BCUT2D eigenvalue weighted by atomic mass is 9.85. The van der Waals surface area contributed by atoms with Gasteiger partial charge in [0.2, 0.25) is 0 Å². The van der Waals surface area contributed by atoms with Gasteiger partial charge in [-0.2, -0.15) is 0 Å². The second-order valence-electron chi connectivity index (χ2n) is 8.82. The number of carbonyl (C=O) groups is 2. The van der Waals surface area contributed by atoms with Crippen molar-refractivity contribution in [3.8, 4) is 5.75 Å². The molecule has 0 radical (unpaired) electrons. The lowest BCUT2D eigenvalue weighted by molar-refractivity contribution is -0.143. The molecule has 1 aliphatic carbocycles. The van der Waals surface area contributed by atoms with E-state index in [1.54, 1.807) is 24.3 Å². The Morgan fingerprint density at radius 3 is 2.51 bits per heavy atom. The van der Waals surface area contributed by atoms with Crippen LogP contribution in [0.2, 0.25) is 5.02 Å². The highest BCUT2D eigenvalue weighted by atomic mass is 35.5. The minimum atomic E-state index is -0.690. The van der Waals surface area contributed by atoms with Gasteiger partial charge in [-0.1, -0.05) is 62.4 Å². The van der Waals surface area contributed by atoms with Gasteiger partial charge in [-0.15, -0.1) is 0 Å². The molecular weight excluding hydrogens is 469 g/mol. The Bertz CT molecular complexity index is 1020. The summed E-state index contributed by atoms with van der Waals surface area (Å²) in [5.41, 5.74) is 1.03. The van der Waals surface area contributed by atoms with Gasteiger partial charge in [0.05, 0.1) is 19.6 Å². The summed E-state index contributed by atoms with van der Waals surface area (Å²) < 4.78 is 24.3. The average molecular weight is 502 g/mol. The summed E-state index contributed by atoms with van der Waals surface area (Å²) in [4.78, 5) is 25.3. The van der Waals surface area contributed by atoms with E-state index in [0.717, 1.165) is 18.6 Å². The predicted molar refractivity (Wildman–Crippen MR) is 135 cm³/mol. The average Bonchev–Trinajstić information content (AvgIpc) is 3.30. The number of nitrogens with one attached hydrogen (secondary N) is 1. The molecule has 0 bridgehead atoms. The molecule has 0 spiro atoms. The van der Waals surface area contributed by atoms with Crippen molar-refractivity contribution in [2.75, 3.05) is 13.7 Å². The third-order valence-corrected chi connectivity index (χ3v) is 6.57. The highest BCUT2D eigenvalue weighted by molar-refractivity contribution is 6.31. The van der Waals surface area contributed by atoms with Crippen molar-refractivity contribution < 1.29 is 23.5 Å². The Morgan fingerprint density at radius 2 is 1.83 bits per heavy atom. The zero-order valence-electron chi connectivity index (χ0n) is 20.3. The third kappa shape index (κ3) is 7.56. The highest BCUT2D eigenvalue weighted by Crippen LogP contribution is 2.37. The van der Waals surface area contributed by atoms with E-state index in [0.29, 0.717) is 24.2 Å². The molecule has 0 saturated carbocycles. The van der Waals surface area contributed by atoms with Crippen LogP contribution in [0, 0.1) is 11.7 Å². The zero-order chi connectivity index (χ0) is 25.2. The molecule has 188 valence electrons. The molecule has 2 aromatic carbocycles. The van der Waals surface area contributed by atoms with Crippen LogP contribution in [0.15, 0.2) is 54.6 Å². The molecule has 3 atom stereocenters. The van der Waals surface area contributed by atoms with Gasteiger partial charge in [-0.25, -0.2) is 4.39 Å². The van der Waals surface area contributed by atoms with E-state index in [1.165, 1.54) is 44.6 Å². The second-order valence-corrected chi connectivity index (χ2v) is 9.23. The Labute approximate surface area is 211 Å². The molecular formula is C28H33ClFNO4. The summed E-state index contributed by atoms with van der Waals surface area (Å²) in [6.07, 6.45) is 10.1. The van der Waals surface area contributed by atoms with Crippen molar-refractivity contribution in [1.82, 2.24) is 5.32 Å². The number of allylic oxidation sites excluding steroid dienone is 1. The quantitative estimate of drug-likeness (QED) is 0.206. The fourth-order valence-corrected chi connectivity index (χ4v) is 4.63. The molecule has 1 aliphatic rings. The summed E-state index contributed by atoms with van der Waals surface area (Å²) in [6.45, 7) is 2.86. The maximum absolute atomic E-state index is 13.5. The number of unbranched alkanes of at least 4 members (excludes halogenated alkanes) is 4. The lowest BCUT2D eigenvalue weighted by Gasteiger charge is -2.23. The number of hydrogen-bond donors (Lipinski definition) is 1. The number of rotatable bonds is 12. The van der Waals surface area contributed by atoms with Crippen molar-refractivity contribution in [3.63, 3.8) is 0 Å². The molecule has 2 aromatic rings. The smallest absolute Gasteiger partial charge is 0.313 e. The van der Waals surface area contributed by atoms with Crippen molar-refractivity contribution in [1.29, 1.82) is 0 Å². The number of amides is 1. The van der Waals surface area contributed by atoms with Gasteiger partial charge in [0.1, 0.15) is 11.6 Å². The molecule has 1 N–H and O–H groups in total. The summed E-state index contributed by atoms with van der Waals surface area (Å²) in [6, 6.07) is 10.8. The van der Waals surface area contributed by atoms with Crippen molar-refractivity contribution in [3.05, 3.63) is 76.6 Å². The van der Waals surface area contributed by atoms with Crippen molar-refractivity contribution in [2.45, 2.75) is 57.4 Å². The maximum Gasteiger partial charge on any atom is 0.313 e. The Balaban J connectivity index is 1.54. The molecule has 0 saturated heterocycles. The first-order chi connectivity index (χ1) is 16.9. The second kappa shape index (κ2) is 13.3. The van der Waals surface area contributed by atoms with E-state index in [-0.39, 0.29) is 22.9 Å². The molecule has 7 heteroatoms. The Morgan fingerprint density at radius 1 is 1.09 bits per heavy atom. The van der Waals surface area contributed by atoms with Crippen LogP contribution >= 0.6 is 11.6 Å². The highest BCUT2D eigenvalue weighted by Gasteiger charge is 2.35. The van der Waals surface area contributed by atoms with Crippen LogP contribution < -0.4 is 10.1 Å². The number of carbonyl (C=O) groups excluding carboxylic acids is 2. The number of hydrogen-bond acceptors (Lipinski definition) is 4. The molecule has 0 fully saturated rings. The van der Waals surface area contributed by atoms with Gasteiger partial charge >= 0.3 is 5.97 Å². The first kappa shape index (κ1) is 26.7. The van der Waals surface area contributed by atoms with Gasteiger partial charge in [0.25, 0.3) is 5.91 Å². The van der Waals surface area contributed by atoms with Crippen LogP contribution in [-0.2, 0) is 9.53 Å². The summed E-state index contributed by atoms with van der Waals surface area (Å²) in [5, 5.41) is 3.16. The van der Waals surface area contributed by atoms with Gasteiger partial charge in [-0.3, -0.25) is 9.59 Å². The number of benzene rings is 2. The third-order valence-electron chi connectivity index (χ3n) is 6.25. The van der Waals surface area contributed by atoms with E-state index in [4.69, 9.17) is 21.1 Å². The number of ether oxygens (including phenoxy) is 2. The molecule has 5 nitrogen and oxygen atoms in total. The van der Waals surface area contributed by atoms with Crippen LogP contribution in [0.3, 0.4) is 0 Å². The van der Waals surface area contributed by atoms with Crippen molar-refractivity contribution in [2.24, 2.45) is 5.92 Å². The molecule has 3 rings (SSSR count). The summed E-state index contributed by atoms with van der Waals surface area (Å²) in [7, 11) is 1.31. The topological polar surface area (TPSA) is 64.6 Å². The molecule has 0 aliphatic heterocycles. The van der Waals surface area contributed by atoms with E-state index >= 15 is 0 Å². The van der Waals surface area contributed by atoms with Gasteiger partial charge in [0, 0.05) is 16.6 Å². The zero-order valence-corrected chi connectivity index (χ0v) is 21.0. The fourth-order valence-electron chi connectivity index (χ4n) is 4.34. The van der Waals surface area contributed by atoms with E-state index in [1.807, 2.05) is 12.2 Å². The standard InChI is InChI=1S/C28H33ClFNO4/c1-3-4-5-6-7-16-35-23-13-9-19(10-14-23)27(32)31-22-12-8-20(17-22)26(28(33)34-2)24-15-11-21(30)18-25(24)29/h8-15,18,20,22,26H,3-7,16-17H2,1-2H3,(H,31,32)/t20-,22+,26+/m0/s1. The Hall–Kier alpha value is -2.86. The minimum absolute atomic E-state index is 0.171. The molecule has 1 amide bonds.